The fourth-order valence-electron chi connectivity index (χ4n) is 4.60. The molecule has 3 fully saturated rings. The van der Waals surface area contributed by atoms with E-state index >= 15 is 0 Å². The molecule has 2 unspecified atom stereocenters. The molecule has 7 nitrogen and oxygen atoms in total. The minimum atomic E-state index is -0.589. The molecule has 30 heavy (non-hydrogen) atoms. The van der Waals surface area contributed by atoms with Gasteiger partial charge in [-0.2, -0.15) is 0 Å². The van der Waals surface area contributed by atoms with Gasteiger partial charge in [0.2, 0.25) is 0 Å². The predicted octanol–water partition coefficient (Wildman–Crippen LogP) is 2.16. The molecular weight excluding hydrogens is 384 g/mol. The number of hydrogen-bond donors (Lipinski definition) is 3. The quantitative estimate of drug-likeness (QED) is 0.599. The number of aromatic nitrogens is 2. The molecule has 0 radical (unpaired) electrons. The van der Waals surface area contributed by atoms with Crippen LogP contribution in [0.2, 0.25) is 0 Å². The lowest BCUT2D eigenvalue weighted by Gasteiger charge is -2.16. The van der Waals surface area contributed by atoms with Crippen LogP contribution in [0.3, 0.4) is 0 Å². The number of aromatic amines is 1. The lowest BCUT2D eigenvalue weighted by Crippen LogP contribution is -2.34. The highest BCUT2D eigenvalue weighted by Gasteiger charge is 2.48. The summed E-state index contributed by atoms with van der Waals surface area (Å²) in [6.07, 6.45) is 0.700. The molecule has 0 spiro atoms. The van der Waals surface area contributed by atoms with E-state index in [0.29, 0.717) is 12.5 Å². The summed E-state index contributed by atoms with van der Waals surface area (Å²) in [5.74, 6) is 0.614. The molecule has 3 aliphatic rings. The van der Waals surface area contributed by atoms with Crippen molar-refractivity contribution in [2.24, 2.45) is 0 Å². The zero-order valence-corrected chi connectivity index (χ0v) is 16.5. The van der Waals surface area contributed by atoms with Crippen LogP contribution in [0.25, 0.3) is 22.3 Å². The minimum absolute atomic E-state index is 0.0230. The lowest BCUT2D eigenvalue weighted by atomic mass is 9.95. The van der Waals surface area contributed by atoms with Crippen LogP contribution in [-0.4, -0.2) is 64.4 Å². The van der Waals surface area contributed by atoms with Crippen LogP contribution in [0.15, 0.2) is 42.5 Å². The van der Waals surface area contributed by atoms with Gasteiger partial charge in [0.25, 0.3) is 0 Å². The number of H-pyrrole nitrogens is 1. The van der Waals surface area contributed by atoms with Crippen LogP contribution in [0.1, 0.15) is 18.4 Å². The molecule has 2 aromatic heterocycles. The minimum Gasteiger partial charge on any atom is -0.470 e. The molecule has 7 heteroatoms. The Bertz CT molecular complexity index is 1070. The molecule has 4 heterocycles. The molecule has 1 saturated carbocycles. The molecule has 3 aromatic rings. The highest BCUT2D eigenvalue weighted by atomic mass is 16.6. The van der Waals surface area contributed by atoms with Gasteiger partial charge in [-0.25, -0.2) is 4.98 Å². The molecule has 6 rings (SSSR count). The first kappa shape index (κ1) is 18.3. The summed E-state index contributed by atoms with van der Waals surface area (Å²) < 4.78 is 17.3. The van der Waals surface area contributed by atoms with E-state index < -0.39 is 6.10 Å². The first-order valence-corrected chi connectivity index (χ1v) is 10.4. The topological polar surface area (TPSA) is 96.8 Å². The Kier molecular flexibility index (Phi) is 4.14. The Labute approximate surface area is 173 Å². The second-order valence-corrected chi connectivity index (χ2v) is 8.60. The normalized spacial score (nSPS) is 29.3. The van der Waals surface area contributed by atoms with Crippen LogP contribution in [0.4, 0.5) is 0 Å². The van der Waals surface area contributed by atoms with Gasteiger partial charge in [0, 0.05) is 17.0 Å². The van der Waals surface area contributed by atoms with Crippen molar-refractivity contribution in [3.8, 4) is 17.1 Å². The third kappa shape index (κ3) is 2.93. The van der Waals surface area contributed by atoms with Crippen molar-refractivity contribution < 1.29 is 24.4 Å². The smallest absolute Gasteiger partial charge is 0.193 e. The first-order valence-electron chi connectivity index (χ1n) is 10.4. The number of nitrogens with zero attached hydrogens (tertiary/aromatic N) is 1. The summed E-state index contributed by atoms with van der Waals surface area (Å²) in [5, 5.41) is 19.5. The number of rotatable bonds is 5. The van der Waals surface area contributed by atoms with Crippen molar-refractivity contribution in [2.45, 2.75) is 42.7 Å². The summed E-state index contributed by atoms with van der Waals surface area (Å²) in [4.78, 5) is 8.03. The van der Waals surface area contributed by atoms with Crippen molar-refractivity contribution in [1.82, 2.24) is 9.97 Å². The number of pyridine rings is 1. The second-order valence-electron chi connectivity index (χ2n) is 8.60. The maximum absolute atomic E-state index is 9.88. The van der Waals surface area contributed by atoms with Crippen LogP contribution in [-0.2, 0) is 14.9 Å². The first-order chi connectivity index (χ1) is 14.6. The van der Waals surface area contributed by atoms with Gasteiger partial charge in [-0.3, -0.25) is 0 Å². The van der Waals surface area contributed by atoms with Crippen molar-refractivity contribution in [1.29, 1.82) is 0 Å². The molecular formula is C23H24N2O5. The fourth-order valence-corrected chi connectivity index (χ4v) is 4.60. The monoisotopic (exact) mass is 408 g/mol. The van der Waals surface area contributed by atoms with Gasteiger partial charge < -0.3 is 29.4 Å². The number of nitrogens with one attached hydrogen (secondary N) is 1. The molecule has 1 aromatic carbocycles. The Hall–Kier alpha value is -2.45. The van der Waals surface area contributed by atoms with Crippen LogP contribution in [0.5, 0.6) is 5.88 Å². The highest BCUT2D eigenvalue weighted by Crippen LogP contribution is 2.47. The molecule has 0 bridgehead atoms. The SMILES string of the molecule is OCC1(c2ccc(-c3ccc4[nH]c(O[C@@H]5COC6C5OC[C@H]6O)cc4n3)cc2)CC1. The Morgan fingerprint density at radius 1 is 1.07 bits per heavy atom. The van der Waals surface area contributed by atoms with Gasteiger partial charge in [0.05, 0.1) is 36.5 Å². The van der Waals surface area contributed by atoms with Gasteiger partial charge in [0.15, 0.2) is 12.0 Å². The van der Waals surface area contributed by atoms with Gasteiger partial charge in [-0.15, -0.1) is 0 Å². The zero-order chi connectivity index (χ0) is 20.3. The van der Waals surface area contributed by atoms with Crippen molar-refractivity contribution in [2.75, 3.05) is 19.8 Å². The largest absolute Gasteiger partial charge is 0.470 e. The third-order valence-electron chi connectivity index (χ3n) is 6.66. The van der Waals surface area contributed by atoms with E-state index in [1.807, 2.05) is 18.2 Å². The fraction of sp³-hybridized carbons (Fsp3) is 0.435. The Morgan fingerprint density at radius 2 is 1.87 bits per heavy atom. The molecule has 1 aliphatic carbocycles. The Morgan fingerprint density at radius 3 is 2.63 bits per heavy atom. The third-order valence-corrected chi connectivity index (χ3v) is 6.66. The molecule has 4 atom stereocenters. The summed E-state index contributed by atoms with van der Waals surface area (Å²) >= 11 is 0. The molecule has 0 amide bonds. The van der Waals surface area contributed by atoms with E-state index in [1.165, 1.54) is 5.56 Å². The summed E-state index contributed by atoms with van der Waals surface area (Å²) in [7, 11) is 0. The molecule has 2 aliphatic heterocycles. The summed E-state index contributed by atoms with van der Waals surface area (Å²) in [6, 6.07) is 14.2. The van der Waals surface area contributed by atoms with Crippen molar-refractivity contribution in [3.05, 3.63) is 48.0 Å². The van der Waals surface area contributed by atoms with Gasteiger partial charge >= 0.3 is 0 Å². The predicted molar refractivity (Wildman–Crippen MR) is 109 cm³/mol. The van der Waals surface area contributed by atoms with E-state index in [4.69, 9.17) is 19.2 Å². The van der Waals surface area contributed by atoms with E-state index in [1.54, 1.807) is 0 Å². The van der Waals surface area contributed by atoms with Crippen molar-refractivity contribution in [3.63, 3.8) is 0 Å². The summed E-state index contributed by atoms with van der Waals surface area (Å²) in [5.41, 5.74) is 4.82. The summed E-state index contributed by atoms with van der Waals surface area (Å²) in [6.45, 7) is 0.882. The number of benzene rings is 1. The van der Waals surface area contributed by atoms with E-state index in [9.17, 15) is 10.2 Å². The van der Waals surface area contributed by atoms with E-state index in [-0.39, 0.29) is 36.9 Å². The molecule has 3 N–H and O–H groups in total. The number of aliphatic hydroxyl groups excluding tert-OH is 2. The van der Waals surface area contributed by atoms with Gasteiger partial charge in [-0.1, -0.05) is 24.3 Å². The lowest BCUT2D eigenvalue weighted by molar-refractivity contribution is 0.00794. The molecule has 2 saturated heterocycles. The number of aliphatic hydroxyl groups is 2. The molecule has 156 valence electrons. The number of fused-ring (bicyclic) bond motifs is 2. The van der Waals surface area contributed by atoms with Crippen LogP contribution in [0, 0.1) is 0 Å². The van der Waals surface area contributed by atoms with Crippen LogP contribution < -0.4 is 4.74 Å². The highest BCUT2D eigenvalue weighted by molar-refractivity contribution is 5.80. The second kappa shape index (κ2) is 6.78. The Balaban J connectivity index is 1.22. The standard InChI is InChI=1S/C23H24N2O5/c26-12-23(7-8-23)14-3-1-13(2-4-14)15-5-6-16-17(24-15)9-20(25-16)30-19-11-29-21-18(27)10-28-22(19)21/h1-6,9,18-19,21-22,25-27H,7-8,10-12H2/t18-,19-,21?,22?/m1/s1. The average molecular weight is 408 g/mol. The maximum Gasteiger partial charge on any atom is 0.193 e. The van der Waals surface area contributed by atoms with Gasteiger partial charge in [-0.05, 0) is 30.5 Å². The number of ether oxygens (including phenoxy) is 3. The maximum atomic E-state index is 9.88. The zero-order valence-electron chi connectivity index (χ0n) is 16.5. The van der Waals surface area contributed by atoms with Crippen molar-refractivity contribution >= 4 is 11.0 Å². The van der Waals surface area contributed by atoms with E-state index in [2.05, 4.69) is 29.2 Å². The van der Waals surface area contributed by atoms with Crippen LogP contribution >= 0.6 is 0 Å². The van der Waals surface area contributed by atoms with Gasteiger partial charge in [0.1, 0.15) is 18.3 Å². The number of hydrogen-bond acceptors (Lipinski definition) is 6. The average Bonchev–Trinajstić information content (AvgIpc) is 3.10. The van der Waals surface area contributed by atoms with E-state index in [0.717, 1.165) is 35.1 Å².